The summed E-state index contributed by atoms with van der Waals surface area (Å²) in [5.74, 6) is 1.32. The van der Waals surface area contributed by atoms with E-state index in [1.54, 1.807) is 19.2 Å². The molecule has 172 valence electrons. The van der Waals surface area contributed by atoms with E-state index in [1.807, 2.05) is 78.2 Å². The van der Waals surface area contributed by atoms with Crippen LogP contribution in [-0.4, -0.2) is 39.2 Å². The Hall–Kier alpha value is -3.62. The standard InChI is InChI=1S/C25H22ClN5O2S/c1-17(18-8-10-20(26)11-9-18)27-28-23(32)16-34-25-30-29-24(19-6-4-3-5-7-19)31(25)21-12-14-22(33-2)15-13-21/h3-15H,16H2,1-2H3,(H,28,32). The van der Waals surface area contributed by atoms with Crippen LogP contribution in [0.5, 0.6) is 5.75 Å². The highest BCUT2D eigenvalue weighted by Crippen LogP contribution is 2.28. The molecule has 0 aliphatic rings. The first-order valence-corrected chi connectivity index (χ1v) is 11.8. The number of carbonyl (C=O) groups excluding carboxylic acids is 1. The van der Waals surface area contributed by atoms with E-state index in [4.69, 9.17) is 16.3 Å². The molecule has 4 aromatic rings. The van der Waals surface area contributed by atoms with Crippen LogP contribution in [0.3, 0.4) is 0 Å². The van der Waals surface area contributed by atoms with Crippen molar-refractivity contribution in [2.24, 2.45) is 5.10 Å². The Morgan fingerprint density at radius 1 is 1.03 bits per heavy atom. The molecular weight excluding hydrogens is 470 g/mol. The van der Waals surface area contributed by atoms with Gasteiger partial charge in [0.15, 0.2) is 11.0 Å². The number of ether oxygens (including phenoxy) is 1. The molecule has 0 bridgehead atoms. The number of aromatic nitrogens is 3. The van der Waals surface area contributed by atoms with Crippen LogP contribution in [0.15, 0.2) is 89.1 Å². The predicted octanol–water partition coefficient (Wildman–Crippen LogP) is 5.23. The number of carbonyl (C=O) groups is 1. The van der Waals surface area contributed by atoms with Gasteiger partial charge >= 0.3 is 0 Å². The lowest BCUT2D eigenvalue weighted by Crippen LogP contribution is -2.21. The van der Waals surface area contributed by atoms with Crippen molar-refractivity contribution in [3.63, 3.8) is 0 Å². The fourth-order valence-corrected chi connectivity index (χ4v) is 4.04. The molecule has 1 N–H and O–H groups in total. The third-order valence-electron chi connectivity index (χ3n) is 4.94. The maximum atomic E-state index is 12.5. The van der Waals surface area contributed by atoms with Gasteiger partial charge in [0.1, 0.15) is 5.75 Å². The van der Waals surface area contributed by atoms with E-state index >= 15 is 0 Å². The number of benzene rings is 3. The molecule has 0 saturated carbocycles. The van der Waals surface area contributed by atoms with Crippen LogP contribution in [-0.2, 0) is 4.79 Å². The summed E-state index contributed by atoms with van der Waals surface area (Å²) in [6.45, 7) is 1.82. The van der Waals surface area contributed by atoms with Gasteiger partial charge in [-0.1, -0.05) is 65.8 Å². The molecule has 4 rings (SSSR count). The van der Waals surface area contributed by atoms with E-state index in [9.17, 15) is 4.79 Å². The van der Waals surface area contributed by atoms with Crippen LogP contribution < -0.4 is 10.2 Å². The van der Waals surface area contributed by atoms with Crippen molar-refractivity contribution >= 4 is 35.0 Å². The number of hydrazone groups is 1. The second-order valence-corrected chi connectivity index (χ2v) is 8.61. The minimum atomic E-state index is -0.246. The summed E-state index contributed by atoms with van der Waals surface area (Å²) >= 11 is 7.21. The van der Waals surface area contributed by atoms with Crippen LogP contribution in [0.25, 0.3) is 17.1 Å². The molecule has 0 radical (unpaired) electrons. The third-order valence-corrected chi connectivity index (χ3v) is 6.12. The fourth-order valence-electron chi connectivity index (χ4n) is 3.17. The van der Waals surface area contributed by atoms with Crippen LogP contribution in [0, 0.1) is 0 Å². The highest BCUT2D eigenvalue weighted by atomic mass is 35.5. The average Bonchev–Trinajstić information content (AvgIpc) is 3.31. The summed E-state index contributed by atoms with van der Waals surface area (Å²) in [6.07, 6.45) is 0. The second-order valence-electron chi connectivity index (χ2n) is 7.23. The number of halogens is 1. The van der Waals surface area contributed by atoms with Gasteiger partial charge in [-0.15, -0.1) is 10.2 Å². The Bertz CT molecular complexity index is 1290. The lowest BCUT2D eigenvalue weighted by Gasteiger charge is -2.11. The molecule has 0 spiro atoms. The van der Waals surface area contributed by atoms with Gasteiger partial charge in [-0.25, -0.2) is 5.43 Å². The van der Waals surface area contributed by atoms with Crippen molar-refractivity contribution in [3.05, 3.63) is 89.4 Å². The summed E-state index contributed by atoms with van der Waals surface area (Å²) < 4.78 is 7.20. The second kappa shape index (κ2) is 11.0. The largest absolute Gasteiger partial charge is 0.497 e. The van der Waals surface area contributed by atoms with E-state index in [0.29, 0.717) is 21.7 Å². The normalized spacial score (nSPS) is 11.3. The average molecular weight is 492 g/mol. The van der Waals surface area contributed by atoms with E-state index in [-0.39, 0.29) is 11.7 Å². The number of thioether (sulfide) groups is 1. The topological polar surface area (TPSA) is 81.4 Å². The number of hydrogen-bond acceptors (Lipinski definition) is 6. The molecule has 0 saturated heterocycles. The Balaban J connectivity index is 1.52. The summed E-state index contributed by atoms with van der Waals surface area (Å²) in [5.41, 5.74) is 5.95. The Labute approximate surface area is 206 Å². The Kier molecular flexibility index (Phi) is 7.61. The van der Waals surface area contributed by atoms with E-state index in [0.717, 1.165) is 22.6 Å². The fraction of sp³-hybridized carbons (Fsp3) is 0.120. The van der Waals surface area contributed by atoms with Gasteiger partial charge in [0.05, 0.1) is 18.6 Å². The quantitative estimate of drug-likeness (QED) is 0.207. The molecule has 1 heterocycles. The summed E-state index contributed by atoms with van der Waals surface area (Å²) in [4.78, 5) is 12.5. The van der Waals surface area contributed by atoms with Gasteiger partial charge in [0.25, 0.3) is 5.91 Å². The molecular formula is C25H22ClN5O2S. The highest BCUT2D eigenvalue weighted by Gasteiger charge is 2.17. The number of rotatable bonds is 8. The van der Waals surface area contributed by atoms with Gasteiger partial charge in [0.2, 0.25) is 0 Å². The number of nitrogens with zero attached hydrogens (tertiary/aromatic N) is 4. The van der Waals surface area contributed by atoms with Crippen LogP contribution in [0.4, 0.5) is 0 Å². The van der Waals surface area contributed by atoms with E-state index in [1.165, 1.54) is 11.8 Å². The SMILES string of the molecule is COc1ccc(-n2c(SCC(=O)NN=C(C)c3ccc(Cl)cc3)nnc2-c2ccccc2)cc1. The maximum absolute atomic E-state index is 12.5. The lowest BCUT2D eigenvalue weighted by molar-refractivity contribution is -0.118. The predicted molar refractivity (Wildman–Crippen MR) is 136 cm³/mol. The first kappa shape index (κ1) is 23.5. The third kappa shape index (κ3) is 5.65. The van der Waals surface area contributed by atoms with Crippen molar-refractivity contribution in [1.29, 1.82) is 0 Å². The zero-order valence-corrected chi connectivity index (χ0v) is 20.2. The van der Waals surface area contributed by atoms with E-state index in [2.05, 4.69) is 20.7 Å². The zero-order valence-electron chi connectivity index (χ0n) is 18.6. The highest BCUT2D eigenvalue weighted by molar-refractivity contribution is 7.99. The van der Waals surface area contributed by atoms with Gasteiger partial charge < -0.3 is 4.74 Å². The molecule has 0 aliphatic carbocycles. The summed E-state index contributed by atoms with van der Waals surface area (Å²) in [7, 11) is 1.63. The number of amides is 1. The van der Waals surface area contributed by atoms with Crippen LogP contribution >= 0.6 is 23.4 Å². The van der Waals surface area contributed by atoms with Crippen molar-refractivity contribution in [1.82, 2.24) is 20.2 Å². The van der Waals surface area contributed by atoms with Gasteiger partial charge in [-0.3, -0.25) is 9.36 Å². The number of hydrogen-bond donors (Lipinski definition) is 1. The monoisotopic (exact) mass is 491 g/mol. The molecule has 7 nitrogen and oxygen atoms in total. The smallest absolute Gasteiger partial charge is 0.250 e. The van der Waals surface area contributed by atoms with Gasteiger partial charge in [-0.05, 0) is 48.9 Å². The maximum Gasteiger partial charge on any atom is 0.250 e. The van der Waals surface area contributed by atoms with Crippen molar-refractivity contribution in [2.45, 2.75) is 12.1 Å². The molecule has 0 atom stereocenters. The molecule has 0 unspecified atom stereocenters. The summed E-state index contributed by atoms with van der Waals surface area (Å²) in [5, 5.41) is 14.2. The molecule has 34 heavy (non-hydrogen) atoms. The minimum Gasteiger partial charge on any atom is -0.497 e. The lowest BCUT2D eigenvalue weighted by atomic mass is 10.1. The van der Waals surface area contributed by atoms with Crippen molar-refractivity contribution < 1.29 is 9.53 Å². The van der Waals surface area contributed by atoms with Crippen molar-refractivity contribution in [3.8, 4) is 22.8 Å². The molecule has 1 amide bonds. The van der Waals surface area contributed by atoms with Gasteiger partial charge in [-0.2, -0.15) is 5.10 Å². The first-order valence-electron chi connectivity index (χ1n) is 10.4. The molecule has 0 fully saturated rings. The molecule has 1 aromatic heterocycles. The Morgan fingerprint density at radius 2 is 1.74 bits per heavy atom. The van der Waals surface area contributed by atoms with Gasteiger partial charge in [0, 0.05) is 16.3 Å². The summed E-state index contributed by atoms with van der Waals surface area (Å²) in [6, 6.07) is 24.7. The van der Waals surface area contributed by atoms with Crippen LogP contribution in [0.1, 0.15) is 12.5 Å². The molecule has 3 aromatic carbocycles. The van der Waals surface area contributed by atoms with Crippen molar-refractivity contribution in [2.75, 3.05) is 12.9 Å². The molecule has 9 heteroatoms. The molecule has 0 aliphatic heterocycles. The van der Waals surface area contributed by atoms with E-state index < -0.39 is 0 Å². The minimum absolute atomic E-state index is 0.125. The zero-order chi connectivity index (χ0) is 23.9. The van der Waals surface area contributed by atoms with Crippen LogP contribution in [0.2, 0.25) is 5.02 Å². The first-order chi connectivity index (χ1) is 16.5. The number of methoxy groups -OCH3 is 1. The Morgan fingerprint density at radius 3 is 2.41 bits per heavy atom. The number of nitrogens with one attached hydrogen (secondary N) is 1.